The molecule has 0 fully saturated rings. The summed E-state index contributed by atoms with van der Waals surface area (Å²) in [6.45, 7) is 2.76. The van der Waals surface area contributed by atoms with Crippen molar-refractivity contribution < 1.29 is 9.47 Å². The number of nitrogens with zero attached hydrogens (tertiary/aromatic N) is 2. The molecule has 0 saturated carbocycles. The molecule has 126 valence electrons. The Labute approximate surface area is 145 Å². The molecule has 0 unspecified atom stereocenters. The lowest BCUT2D eigenvalue weighted by Gasteiger charge is -2.13. The Hall–Kier alpha value is -2.73. The summed E-state index contributed by atoms with van der Waals surface area (Å²) in [6, 6.07) is 13.0. The topological polar surface area (TPSA) is 95.2 Å². The van der Waals surface area contributed by atoms with E-state index in [1.54, 1.807) is 12.1 Å². The van der Waals surface area contributed by atoms with Gasteiger partial charge in [-0.25, -0.2) is 0 Å². The zero-order valence-corrected chi connectivity index (χ0v) is 14.0. The van der Waals surface area contributed by atoms with E-state index < -0.39 is 0 Å². The summed E-state index contributed by atoms with van der Waals surface area (Å²) in [5.41, 5.74) is 12.1. The molecule has 0 amide bonds. The first kappa shape index (κ1) is 17.6. The second-order valence-corrected chi connectivity index (χ2v) is 5.20. The number of rotatable bonds is 7. The summed E-state index contributed by atoms with van der Waals surface area (Å²) in [5.74, 6) is 1.13. The normalized spacial score (nSPS) is 10.6. The standard InChI is InChI=1S/C17H19ClN4O2/c1-2-23-16-9-12(10-21-22-17(19)20)7-8-15(16)24-11-13-5-3-4-6-14(13)18/h3-10H,2,11H2,1H3,(H4,19,20,22)/b21-10+. The van der Waals surface area contributed by atoms with Crippen molar-refractivity contribution in [2.45, 2.75) is 13.5 Å². The van der Waals surface area contributed by atoms with Gasteiger partial charge in [-0.3, -0.25) is 0 Å². The van der Waals surface area contributed by atoms with Gasteiger partial charge >= 0.3 is 0 Å². The highest BCUT2D eigenvalue weighted by atomic mass is 35.5. The van der Waals surface area contributed by atoms with E-state index in [0.717, 1.165) is 11.1 Å². The van der Waals surface area contributed by atoms with Gasteiger partial charge in [0.1, 0.15) is 6.61 Å². The fraction of sp³-hybridized carbons (Fsp3) is 0.176. The minimum Gasteiger partial charge on any atom is -0.490 e. The van der Waals surface area contributed by atoms with Gasteiger partial charge in [0.15, 0.2) is 11.5 Å². The summed E-state index contributed by atoms with van der Waals surface area (Å²) in [5, 5.41) is 8.00. The molecule has 0 atom stereocenters. The minimum absolute atomic E-state index is 0.101. The van der Waals surface area contributed by atoms with Crippen molar-refractivity contribution in [3.8, 4) is 11.5 Å². The van der Waals surface area contributed by atoms with Crippen LogP contribution in [0.15, 0.2) is 52.7 Å². The van der Waals surface area contributed by atoms with E-state index in [4.69, 9.17) is 32.5 Å². The van der Waals surface area contributed by atoms with Crippen LogP contribution in [0.1, 0.15) is 18.1 Å². The van der Waals surface area contributed by atoms with Crippen molar-refractivity contribution in [2.24, 2.45) is 21.7 Å². The van der Waals surface area contributed by atoms with Crippen molar-refractivity contribution in [2.75, 3.05) is 6.61 Å². The third-order valence-electron chi connectivity index (χ3n) is 2.99. The molecule has 0 radical (unpaired) electrons. The molecule has 0 heterocycles. The highest BCUT2D eigenvalue weighted by molar-refractivity contribution is 6.31. The van der Waals surface area contributed by atoms with E-state index in [0.29, 0.717) is 29.7 Å². The molecule has 2 aromatic carbocycles. The first-order chi connectivity index (χ1) is 11.6. The number of hydrogen-bond acceptors (Lipinski definition) is 4. The lowest BCUT2D eigenvalue weighted by atomic mass is 10.2. The molecule has 2 rings (SSSR count). The maximum Gasteiger partial charge on any atom is 0.211 e. The van der Waals surface area contributed by atoms with Crippen LogP contribution in [-0.2, 0) is 6.61 Å². The monoisotopic (exact) mass is 346 g/mol. The van der Waals surface area contributed by atoms with Crippen LogP contribution in [0, 0.1) is 0 Å². The quantitative estimate of drug-likeness (QED) is 0.457. The van der Waals surface area contributed by atoms with Gasteiger partial charge in [-0.15, -0.1) is 5.10 Å². The Kier molecular flexibility index (Phi) is 6.45. The fourth-order valence-electron chi connectivity index (χ4n) is 1.93. The molecular weight excluding hydrogens is 328 g/mol. The van der Waals surface area contributed by atoms with Crippen LogP contribution >= 0.6 is 11.6 Å². The Morgan fingerprint density at radius 3 is 2.62 bits per heavy atom. The second-order valence-electron chi connectivity index (χ2n) is 4.79. The molecule has 0 aliphatic carbocycles. The van der Waals surface area contributed by atoms with Crippen molar-refractivity contribution >= 4 is 23.8 Å². The molecule has 6 nitrogen and oxygen atoms in total. The van der Waals surface area contributed by atoms with E-state index in [-0.39, 0.29) is 5.96 Å². The number of benzene rings is 2. The highest BCUT2D eigenvalue weighted by Crippen LogP contribution is 2.29. The number of guanidine groups is 1. The smallest absolute Gasteiger partial charge is 0.211 e. The third-order valence-corrected chi connectivity index (χ3v) is 3.36. The molecule has 7 heteroatoms. The van der Waals surface area contributed by atoms with Crippen LogP contribution in [-0.4, -0.2) is 18.8 Å². The fourth-order valence-corrected chi connectivity index (χ4v) is 2.12. The van der Waals surface area contributed by atoms with Crippen molar-refractivity contribution in [3.63, 3.8) is 0 Å². The van der Waals surface area contributed by atoms with Gasteiger partial charge in [0.2, 0.25) is 5.96 Å². The maximum absolute atomic E-state index is 6.14. The molecular formula is C17H19ClN4O2. The van der Waals surface area contributed by atoms with Crippen LogP contribution in [0.25, 0.3) is 0 Å². The van der Waals surface area contributed by atoms with Gasteiger partial charge < -0.3 is 20.9 Å². The first-order valence-corrected chi connectivity index (χ1v) is 7.73. The maximum atomic E-state index is 6.14. The predicted octanol–water partition coefficient (Wildman–Crippen LogP) is 2.93. The molecule has 2 aromatic rings. The number of nitrogens with two attached hydrogens (primary N) is 2. The van der Waals surface area contributed by atoms with Crippen LogP contribution in [0.4, 0.5) is 0 Å². The SMILES string of the molecule is CCOc1cc(/C=N/N=C(N)N)ccc1OCc1ccccc1Cl. The molecule has 0 aromatic heterocycles. The minimum atomic E-state index is -0.101. The molecule has 0 aliphatic heterocycles. The lowest BCUT2D eigenvalue weighted by Crippen LogP contribution is -2.21. The van der Waals surface area contributed by atoms with Crippen LogP contribution in [0.2, 0.25) is 5.02 Å². The average Bonchev–Trinajstić information content (AvgIpc) is 2.55. The van der Waals surface area contributed by atoms with Crippen molar-refractivity contribution in [1.82, 2.24) is 0 Å². The van der Waals surface area contributed by atoms with Gasteiger partial charge in [-0.2, -0.15) is 5.10 Å². The van der Waals surface area contributed by atoms with Crippen LogP contribution < -0.4 is 20.9 Å². The summed E-state index contributed by atoms with van der Waals surface area (Å²) in [4.78, 5) is 0. The lowest BCUT2D eigenvalue weighted by molar-refractivity contribution is 0.269. The summed E-state index contributed by atoms with van der Waals surface area (Å²) in [7, 11) is 0. The molecule has 0 bridgehead atoms. The first-order valence-electron chi connectivity index (χ1n) is 7.35. The van der Waals surface area contributed by atoms with Crippen molar-refractivity contribution in [1.29, 1.82) is 0 Å². The number of ether oxygens (including phenoxy) is 2. The third kappa shape index (κ3) is 5.17. The summed E-state index contributed by atoms with van der Waals surface area (Å²) in [6.07, 6.45) is 1.53. The van der Waals surface area contributed by atoms with E-state index in [2.05, 4.69) is 10.2 Å². The second kappa shape index (κ2) is 8.79. The molecule has 0 saturated heterocycles. The zero-order chi connectivity index (χ0) is 17.4. The van der Waals surface area contributed by atoms with Gasteiger partial charge in [0.05, 0.1) is 12.8 Å². The van der Waals surface area contributed by atoms with Crippen LogP contribution in [0.3, 0.4) is 0 Å². The van der Waals surface area contributed by atoms with E-state index in [9.17, 15) is 0 Å². The average molecular weight is 347 g/mol. The zero-order valence-electron chi connectivity index (χ0n) is 13.3. The molecule has 0 spiro atoms. The largest absolute Gasteiger partial charge is 0.490 e. The highest BCUT2D eigenvalue weighted by Gasteiger charge is 2.07. The molecule has 4 N–H and O–H groups in total. The van der Waals surface area contributed by atoms with Gasteiger partial charge in [-0.05, 0) is 36.8 Å². The van der Waals surface area contributed by atoms with E-state index >= 15 is 0 Å². The van der Waals surface area contributed by atoms with Crippen molar-refractivity contribution in [3.05, 3.63) is 58.6 Å². The van der Waals surface area contributed by atoms with Crippen LogP contribution in [0.5, 0.6) is 11.5 Å². The Morgan fingerprint density at radius 2 is 1.92 bits per heavy atom. The van der Waals surface area contributed by atoms with Gasteiger partial charge in [0.25, 0.3) is 0 Å². The van der Waals surface area contributed by atoms with Gasteiger partial charge in [-0.1, -0.05) is 29.8 Å². The Bertz CT molecular complexity index is 743. The number of halogens is 1. The Balaban J connectivity index is 2.15. The summed E-state index contributed by atoms with van der Waals surface area (Å²) < 4.78 is 11.5. The molecule has 0 aliphatic rings. The van der Waals surface area contributed by atoms with E-state index in [1.807, 2.05) is 37.3 Å². The predicted molar refractivity (Wildman–Crippen MR) is 96.8 cm³/mol. The molecule has 24 heavy (non-hydrogen) atoms. The Morgan fingerprint density at radius 1 is 1.12 bits per heavy atom. The summed E-state index contributed by atoms with van der Waals surface area (Å²) >= 11 is 6.14. The van der Waals surface area contributed by atoms with E-state index in [1.165, 1.54) is 6.21 Å². The number of hydrogen-bond donors (Lipinski definition) is 2. The van der Waals surface area contributed by atoms with Gasteiger partial charge in [0, 0.05) is 10.6 Å².